The highest BCUT2D eigenvalue weighted by Crippen LogP contribution is 2.67. The van der Waals surface area contributed by atoms with Crippen LogP contribution in [0.4, 0.5) is 4.79 Å². The van der Waals surface area contributed by atoms with E-state index in [0.717, 1.165) is 54.8 Å². The normalized spacial score (nSPS) is 37.7. The molecule has 4 aliphatic rings. The number of ether oxygens (including phenoxy) is 2. The predicted octanol–water partition coefficient (Wildman–Crippen LogP) is 9.61. The fourth-order valence-electron chi connectivity index (χ4n) is 9.50. The molecule has 0 aromatic heterocycles. The number of benzene rings is 1. The largest absolute Gasteiger partial charge is 0.514 e. The van der Waals surface area contributed by atoms with Crippen LogP contribution in [0, 0.1) is 46.3 Å². The van der Waals surface area contributed by atoms with Gasteiger partial charge in [0, 0.05) is 6.42 Å². The molecule has 8 atom stereocenters. The number of carbonyl (C=O) groups is 1. The van der Waals surface area contributed by atoms with Gasteiger partial charge >= 0.3 is 6.16 Å². The summed E-state index contributed by atoms with van der Waals surface area (Å²) < 4.78 is 11.2. The van der Waals surface area contributed by atoms with Gasteiger partial charge in [0.15, 0.2) is 0 Å². The average Bonchev–Trinajstić information content (AvgIpc) is 3.22. The first kappa shape index (κ1) is 26.8. The summed E-state index contributed by atoms with van der Waals surface area (Å²) >= 11 is 0. The molecule has 0 spiro atoms. The molecule has 0 unspecified atom stereocenters. The number of allylic oxidation sites excluding steroid dienone is 1. The van der Waals surface area contributed by atoms with Crippen LogP contribution in [0.2, 0.25) is 0 Å². The predicted molar refractivity (Wildman–Crippen MR) is 150 cm³/mol. The first-order valence-electron chi connectivity index (χ1n) is 15.3. The number of hydrogen-bond acceptors (Lipinski definition) is 3. The molecule has 0 N–H and O–H groups in total. The summed E-state index contributed by atoms with van der Waals surface area (Å²) in [5, 5.41) is 0. The van der Waals surface area contributed by atoms with E-state index in [1.807, 2.05) is 18.2 Å². The van der Waals surface area contributed by atoms with E-state index in [2.05, 4.69) is 40.7 Å². The molecule has 3 saturated carbocycles. The molecule has 0 bridgehead atoms. The van der Waals surface area contributed by atoms with Crippen molar-refractivity contribution in [3.8, 4) is 5.75 Å². The van der Waals surface area contributed by atoms with Crippen LogP contribution in [0.5, 0.6) is 5.75 Å². The van der Waals surface area contributed by atoms with Crippen LogP contribution >= 0.6 is 0 Å². The molecule has 1 aromatic carbocycles. The lowest BCUT2D eigenvalue weighted by Gasteiger charge is -2.58. The van der Waals surface area contributed by atoms with Crippen LogP contribution in [-0.4, -0.2) is 12.3 Å². The summed E-state index contributed by atoms with van der Waals surface area (Å²) in [4.78, 5) is 12.4. The zero-order valence-electron chi connectivity index (χ0n) is 24.0. The van der Waals surface area contributed by atoms with Gasteiger partial charge in [0.1, 0.15) is 11.9 Å². The second-order valence-corrected chi connectivity index (χ2v) is 13.9. The van der Waals surface area contributed by atoms with E-state index < -0.39 is 6.16 Å². The van der Waals surface area contributed by atoms with Crippen molar-refractivity contribution >= 4 is 6.16 Å². The summed E-state index contributed by atoms with van der Waals surface area (Å²) in [7, 11) is 0. The lowest BCUT2D eigenvalue weighted by atomic mass is 9.47. The Balaban J connectivity index is 1.22. The van der Waals surface area contributed by atoms with Crippen molar-refractivity contribution < 1.29 is 14.3 Å². The molecule has 37 heavy (non-hydrogen) atoms. The Morgan fingerprint density at radius 2 is 1.76 bits per heavy atom. The molecule has 1 aromatic rings. The first-order valence-corrected chi connectivity index (χ1v) is 15.3. The van der Waals surface area contributed by atoms with E-state index in [1.54, 1.807) is 17.7 Å². The molecule has 0 heterocycles. The van der Waals surface area contributed by atoms with Crippen molar-refractivity contribution in [2.75, 3.05) is 0 Å². The van der Waals surface area contributed by atoms with Crippen LogP contribution in [0.25, 0.3) is 0 Å². The molecule has 0 radical (unpaired) electrons. The van der Waals surface area contributed by atoms with Gasteiger partial charge in [-0.15, -0.1) is 0 Å². The third-order valence-electron chi connectivity index (χ3n) is 11.5. The topological polar surface area (TPSA) is 35.5 Å². The van der Waals surface area contributed by atoms with E-state index in [-0.39, 0.29) is 11.5 Å². The van der Waals surface area contributed by atoms with Gasteiger partial charge in [-0.25, -0.2) is 4.79 Å². The van der Waals surface area contributed by atoms with Crippen LogP contribution < -0.4 is 4.74 Å². The molecule has 4 aliphatic carbocycles. The van der Waals surface area contributed by atoms with E-state index >= 15 is 0 Å². The molecule has 3 heteroatoms. The van der Waals surface area contributed by atoms with Gasteiger partial charge in [-0.1, -0.05) is 83.7 Å². The first-order chi connectivity index (χ1) is 17.7. The zero-order chi connectivity index (χ0) is 26.2. The molecular formula is C34H50O3. The van der Waals surface area contributed by atoms with Crippen molar-refractivity contribution in [2.45, 2.75) is 111 Å². The van der Waals surface area contributed by atoms with Crippen LogP contribution in [0.15, 0.2) is 42.0 Å². The minimum Gasteiger partial charge on any atom is -0.430 e. The Labute approximate surface area is 225 Å². The second kappa shape index (κ2) is 10.8. The van der Waals surface area contributed by atoms with E-state index in [9.17, 15) is 4.79 Å². The molecule has 3 nitrogen and oxygen atoms in total. The second-order valence-electron chi connectivity index (χ2n) is 13.9. The van der Waals surface area contributed by atoms with Gasteiger partial charge in [-0.2, -0.15) is 0 Å². The summed E-state index contributed by atoms with van der Waals surface area (Å²) in [5.74, 6) is 5.64. The number of carbonyl (C=O) groups excluding carboxylic acids is 1. The van der Waals surface area contributed by atoms with Crippen LogP contribution in [0.3, 0.4) is 0 Å². The molecule has 0 aliphatic heterocycles. The molecule has 204 valence electrons. The highest BCUT2D eigenvalue weighted by atomic mass is 16.7. The van der Waals surface area contributed by atoms with Crippen LogP contribution in [0.1, 0.15) is 105 Å². The highest BCUT2D eigenvalue weighted by molar-refractivity contribution is 5.64. The van der Waals surface area contributed by atoms with Crippen molar-refractivity contribution in [1.82, 2.24) is 0 Å². The lowest BCUT2D eigenvalue weighted by Crippen LogP contribution is -2.51. The van der Waals surface area contributed by atoms with E-state index in [4.69, 9.17) is 9.47 Å². The lowest BCUT2D eigenvalue weighted by molar-refractivity contribution is -0.0597. The minimum atomic E-state index is -0.568. The highest BCUT2D eigenvalue weighted by Gasteiger charge is 2.59. The summed E-state index contributed by atoms with van der Waals surface area (Å²) in [6, 6.07) is 9.23. The maximum absolute atomic E-state index is 12.4. The standard InChI is InChI=1S/C34H50O3/c1-23(2)10-9-11-24(3)29-16-17-30-28-15-14-25-22-27(37-32(35)36-26-12-7-6-8-13-26)18-20-33(25,4)31(28)19-21-34(29,30)5/h6-8,12-14,23-24,27-31H,9-11,15-22H2,1-5H3/t24-,27+,28+,29-,30+,31+,33+,34-/m1/s1. The van der Waals surface area contributed by atoms with Crippen molar-refractivity contribution in [3.05, 3.63) is 42.0 Å². The van der Waals surface area contributed by atoms with Crippen molar-refractivity contribution in [3.63, 3.8) is 0 Å². The molecule has 3 fully saturated rings. The summed E-state index contributed by atoms with van der Waals surface area (Å²) in [5.41, 5.74) is 2.36. The average molecular weight is 507 g/mol. The Kier molecular flexibility index (Phi) is 7.81. The van der Waals surface area contributed by atoms with E-state index in [1.165, 1.54) is 51.4 Å². The van der Waals surface area contributed by atoms with Crippen LogP contribution in [-0.2, 0) is 4.74 Å². The Morgan fingerprint density at radius 3 is 2.51 bits per heavy atom. The number of hydrogen-bond donors (Lipinski definition) is 0. The smallest absolute Gasteiger partial charge is 0.430 e. The SMILES string of the molecule is CC(C)CCC[C@@H](C)[C@H]1CC[C@H]2[C@@H]3CC=C4C[C@@H](OC(=O)Oc5ccccc5)CC[C@]4(C)[C@H]3CC[C@]12C. The van der Waals surface area contributed by atoms with Crippen molar-refractivity contribution in [2.24, 2.45) is 46.3 Å². The van der Waals surface area contributed by atoms with Crippen molar-refractivity contribution in [1.29, 1.82) is 0 Å². The monoisotopic (exact) mass is 506 g/mol. The molecule has 0 amide bonds. The quantitative estimate of drug-likeness (QED) is 0.210. The summed E-state index contributed by atoms with van der Waals surface area (Å²) in [6.07, 6.45) is 16.0. The Morgan fingerprint density at radius 1 is 0.973 bits per heavy atom. The third-order valence-corrected chi connectivity index (χ3v) is 11.5. The maximum Gasteiger partial charge on any atom is 0.514 e. The van der Waals surface area contributed by atoms with E-state index in [0.29, 0.717) is 11.2 Å². The molecule has 5 rings (SSSR count). The van der Waals surface area contributed by atoms with Gasteiger partial charge in [0.05, 0.1) is 0 Å². The van der Waals surface area contributed by atoms with Gasteiger partial charge < -0.3 is 9.47 Å². The number of rotatable bonds is 7. The van der Waals surface area contributed by atoms with Gasteiger partial charge in [-0.3, -0.25) is 0 Å². The van der Waals surface area contributed by atoms with Gasteiger partial charge in [-0.05, 0) is 103 Å². The van der Waals surface area contributed by atoms with Gasteiger partial charge in [0.2, 0.25) is 0 Å². The third kappa shape index (κ3) is 5.26. The minimum absolute atomic E-state index is 0.0662. The molecular weight excluding hydrogens is 456 g/mol. The zero-order valence-corrected chi connectivity index (χ0v) is 24.0. The fraction of sp³-hybridized carbons (Fsp3) is 0.735. The number of fused-ring (bicyclic) bond motifs is 5. The van der Waals surface area contributed by atoms with Gasteiger partial charge in [0.25, 0.3) is 0 Å². The molecule has 0 saturated heterocycles. The number of para-hydroxylation sites is 1. The fourth-order valence-corrected chi connectivity index (χ4v) is 9.50. The Hall–Kier alpha value is -1.77. The maximum atomic E-state index is 12.4. The Bertz CT molecular complexity index is 967. The summed E-state index contributed by atoms with van der Waals surface area (Å²) in [6.45, 7) is 12.5.